The van der Waals surface area contributed by atoms with E-state index in [0.29, 0.717) is 17.1 Å². The minimum Gasteiger partial charge on any atom is -0.350 e. The number of benzene rings is 2. The number of hydrogen-bond donors (Lipinski definition) is 2. The fourth-order valence-corrected chi connectivity index (χ4v) is 2.41. The summed E-state index contributed by atoms with van der Waals surface area (Å²) in [6.45, 7) is 2.00. The van der Waals surface area contributed by atoms with Gasteiger partial charge in [-0.15, -0.1) is 0 Å². The topological polar surface area (TPSA) is 58.2 Å². The monoisotopic (exact) mass is 394 g/mol. The predicted octanol–water partition coefficient (Wildman–Crippen LogP) is 3.54. The Morgan fingerprint density at radius 2 is 1.87 bits per heavy atom. The SMILES string of the molecule is C[C@H](NC(=O)c1ccc(Br)cc1)C(=O)NCc1cccc(Cl)c1. The summed E-state index contributed by atoms with van der Waals surface area (Å²) in [5.74, 6) is -0.543. The molecule has 2 rings (SSSR count). The van der Waals surface area contributed by atoms with E-state index in [1.807, 2.05) is 12.1 Å². The molecule has 0 aliphatic carbocycles. The van der Waals surface area contributed by atoms with E-state index in [-0.39, 0.29) is 11.8 Å². The molecule has 0 fully saturated rings. The quantitative estimate of drug-likeness (QED) is 0.813. The molecule has 6 heteroatoms. The Labute approximate surface area is 148 Å². The third kappa shape index (κ3) is 5.37. The average molecular weight is 396 g/mol. The van der Waals surface area contributed by atoms with Gasteiger partial charge in [0.05, 0.1) is 0 Å². The van der Waals surface area contributed by atoms with Crippen molar-refractivity contribution >= 4 is 39.3 Å². The van der Waals surface area contributed by atoms with Gasteiger partial charge in [-0.2, -0.15) is 0 Å². The fourth-order valence-electron chi connectivity index (χ4n) is 1.94. The van der Waals surface area contributed by atoms with Gasteiger partial charge in [-0.3, -0.25) is 9.59 Å². The summed E-state index contributed by atoms with van der Waals surface area (Å²) in [6, 6.07) is 13.6. The molecular weight excluding hydrogens is 380 g/mol. The summed E-state index contributed by atoms with van der Waals surface area (Å²) >= 11 is 9.21. The molecule has 0 saturated heterocycles. The van der Waals surface area contributed by atoms with Crippen LogP contribution in [0.2, 0.25) is 5.02 Å². The highest BCUT2D eigenvalue weighted by atomic mass is 79.9. The predicted molar refractivity (Wildman–Crippen MR) is 94.4 cm³/mol. The van der Waals surface area contributed by atoms with Crippen LogP contribution in [0.5, 0.6) is 0 Å². The van der Waals surface area contributed by atoms with Crippen LogP contribution in [-0.2, 0) is 11.3 Å². The molecule has 2 aromatic rings. The van der Waals surface area contributed by atoms with Crippen molar-refractivity contribution in [3.63, 3.8) is 0 Å². The minimum absolute atomic E-state index is 0.254. The molecule has 2 N–H and O–H groups in total. The molecule has 0 saturated carbocycles. The number of hydrogen-bond acceptors (Lipinski definition) is 2. The van der Waals surface area contributed by atoms with Gasteiger partial charge in [-0.1, -0.05) is 39.7 Å². The van der Waals surface area contributed by atoms with Crippen molar-refractivity contribution in [2.75, 3.05) is 0 Å². The Morgan fingerprint density at radius 3 is 2.52 bits per heavy atom. The average Bonchev–Trinajstić information content (AvgIpc) is 2.53. The number of carbonyl (C=O) groups excluding carboxylic acids is 2. The van der Waals surface area contributed by atoms with Crippen LogP contribution in [0.15, 0.2) is 53.0 Å². The molecule has 0 heterocycles. The first kappa shape index (κ1) is 17.5. The Bertz CT molecular complexity index is 704. The smallest absolute Gasteiger partial charge is 0.251 e. The second-order valence-corrected chi connectivity index (χ2v) is 6.40. The lowest BCUT2D eigenvalue weighted by atomic mass is 10.2. The third-order valence-corrected chi connectivity index (χ3v) is 3.97. The van der Waals surface area contributed by atoms with Crippen molar-refractivity contribution in [1.29, 1.82) is 0 Å². The molecule has 1 atom stereocenters. The van der Waals surface area contributed by atoms with Gasteiger partial charge in [-0.05, 0) is 48.9 Å². The summed E-state index contributed by atoms with van der Waals surface area (Å²) in [6.07, 6.45) is 0. The van der Waals surface area contributed by atoms with Gasteiger partial charge in [0.2, 0.25) is 5.91 Å². The molecule has 0 aliphatic heterocycles. The number of nitrogens with one attached hydrogen (secondary N) is 2. The molecule has 2 amide bonds. The highest BCUT2D eigenvalue weighted by Gasteiger charge is 2.16. The van der Waals surface area contributed by atoms with Crippen LogP contribution in [-0.4, -0.2) is 17.9 Å². The zero-order valence-electron chi connectivity index (χ0n) is 12.5. The maximum Gasteiger partial charge on any atom is 0.251 e. The van der Waals surface area contributed by atoms with E-state index in [4.69, 9.17) is 11.6 Å². The maximum absolute atomic E-state index is 12.1. The highest BCUT2D eigenvalue weighted by molar-refractivity contribution is 9.10. The van der Waals surface area contributed by atoms with Gasteiger partial charge in [-0.25, -0.2) is 0 Å². The molecule has 4 nitrogen and oxygen atoms in total. The first-order valence-electron chi connectivity index (χ1n) is 7.04. The van der Waals surface area contributed by atoms with Crippen LogP contribution in [0.1, 0.15) is 22.8 Å². The zero-order valence-corrected chi connectivity index (χ0v) is 14.8. The van der Waals surface area contributed by atoms with E-state index in [1.54, 1.807) is 43.3 Å². The standard InChI is InChI=1S/C17H16BrClN2O2/c1-11(21-17(23)13-5-7-14(18)8-6-13)16(22)20-10-12-3-2-4-15(19)9-12/h2-9,11H,10H2,1H3,(H,20,22)(H,21,23)/t11-/m0/s1. The molecule has 0 aromatic heterocycles. The second kappa shape index (κ2) is 8.13. The van der Waals surface area contributed by atoms with Gasteiger partial charge in [0.1, 0.15) is 6.04 Å². The summed E-state index contributed by atoms with van der Waals surface area (Å²) < 4.78 is 0.890. The van der Waals surface area contributed by atoms with Gasteiger partial charge >= 0.3 is 0 Å². The van der Waals surface area contributed by atoms with E-state index >= 15 is 0 Å². The highest BCUT2D eigenvalue weighted by Crippen LogP contribution is 2.11. The maximum atomic E-state index is 12.1. The van der Waals surface area contributed by atoms with Crippen LogP contribution in [0.3, 0.4) is 0 Å². The van der Waals surface area contributed by atoms with Crippen molar-refractivity contribution in [2.45, 2.75) is 19.5 Å². The lowest BCUT2D eigenvalue weighted by Gasteiger charge is -2.14. The molecular formula is C17H16BrClN2O2. The Hall–Kier alpha value is -1.85. The lowest BCUT2D eigenvalue weighted by molar-refractivity contribution is -0.122. The van der Waals surface area contributed by atoms with Gasteiger partial charge in [0.15, 0.2) is 0 Å². The first-order valence-corrected chi connectivity index (χ1v) is 8.21. The van der Waals surface area contributed by atoms with Crippen LogP contribution in [0.4, 0.5) is 0 Å². The van der Waals surface area contributed by atoms with Crippen molar-refractivity contribution in [3.8, 4) is 0 Å². The number of halogens is 2. The Balaban J connectivity index is 1.87. The minimum atomic E-state index is -0.634. The zero-order chi connectivity index (χ0) is 16.8. The lowest BCUT2D eigenvalue weighted by Crippen LogP contribution is -2.44. The molecule has 0 bridgehead atoms. The van der Waals surface area contributed by atoms with Crippen LogP contribution in [0, 0.1) is 0 Å². The van der Waals surface area contributed by atoms with Crippen molar-refractivity contribution in [2.24, 2.45) is 0 Å². The van der Waals surface area contributed by atoms with Crippen molar-refractivity contribution in [3.05, 3.63) is 69.2 Å². The number of carbonyl (C=O) groups is 2. The molecule has 0 unspecified atom stereocenters. The molecule has 0 radical (unpaired) electrons. The number of rotatable bonds is 5. The van der Waals surface area contributed by atoms with Crippen molar-refractivity contribution in [1.82, 2.24) is 10.6 Å². The van der Waals surface area contributed by atoms with Crippen LogP contribution < -0.4 is 10.6 Å². The van der Waals surface area contributed by atoms with E-state index in [2.05, 4.69) is 26.6 Å². The normalized spacial score (nSPS) is 11.6. The molecule has 23 heavy (non-hydrogen) atoms. The van der Waals surface area contributed by atoms with E-state index in [1.165, 1.54) is 0 Å². The first-order chi connectivity index (χ1) is 11.0. The van der Waals surface area contributed by atoms with Crippen molar-refractivity contribution < 1.29 is 9.59 Å². The van der Waals surface area contributed by atoms with Crippen LogP contribution in [0.25, 0.3) is 0 Å². The molecule has 2 aromatic carbocycles. The molecule has 120 valence electrons. The van der Waals surface area contributed by atoms with E-state index in [0.717, 1.165) is 10.0 Å². The molecule has 0 aliphatic rings. The third-order valence-electron chi connectivity index (χ3n) is 3.20. The van der Waals surface area contributed by atoms with Crippen LogP contribution >= 0.6 is 27.5 Å². The summed E-state index contributed by atoms with van der Waals surface area (Å²) in [4.78, 5) is 24.1. The second-order valence-electron chi connectivity index (χ2n) is 5.05. The largest absolute Gasteiger partial charge is 0.350 e. The fraction of sp³-hybridized carbons (Fsp3) is 0.176. The summed E-state index contributed by atoms with van der Waals surface area (Å²) in [7, 11) is 0. The van der Waals surface area contributed by atoms with Gasteiger partial charge in [0.25, 0.3) is 5.91 Å². The number of amides is 2. The van der Waals surface area contributed by atoms with Gasteiger partial charge in [0, 0.05) is 21.6 Å². The summed E-state index contributed by atoms with van der Waals surface area (Å²) in [5, 5.41) is 6.06. The Morgan fingerprint density at radius 1 is 1.17 bits per heavy atom. The molecule has 0 spiro atoms. The van der Waals surface area contributed by atoms with E-state index in [9.17, 15) is 9.59 Å². The van der Waals surface area contributed by atoms with E-state index < -0.39 is 6.04 Å². The van der Waals surface area contributed by atoms with Gasteiger partial charge < -0.3 is 10.6 Å². The summed E-state index contributed by atoms with van der Waals surface area (Å²) in [5.41, 5.74) is 1.40. The Kier molecular flexibility index (Phi) is 6.19.